The van der Waals surface area contributed by atoms with Crippen LogP contribution in [0.4, 0.5) is 4.79 Å². The number of ether oxygens (including phenoxy) is 1. The van der Waals surface area contributed by atoms with Gasteiger partial charge in [-0.15, -0.1) is 0 Å². The van der Waals surface area contributed by atoms with Crippen molar-refractivity contribution in [2.45, 2.75) is 38.3 Å². The molecule has 1 saturated carbocycles. The minimum absolute atomic E-state index is 0.00791. The van der Waals surface area contributed by atoms with Crippen LogP contribution in [0.5, 0.6) is 5.75 Å². The average molecular weight is 401 g/mol. The van der Waals surface area contributed by atoms with E-state index in [9.17, 15) is 9.59 Å². The molecule has 2 aliphatic heterocycles. The normalized spacial score (nSPS) is 23.2. The van der Waals surface area contributed by atoms with E-state index >= 15 is 0 Å². The van der Waals surface area contributed by atoms with E-state index < -0.39 is 0 Å². The smallest absolute Gasteiger partial charge is 0.317 e. The number of carbonyl (C=O) groups is 2. The Morgan fingerprint density at radius 2 is 2.00 bits per heavy atom. The molecule has 2 saturated heterocycles. The molecule has 7 nitrogen and oxygen atoms in total. The first-order valence-corrected chi connectivity index (χ1v) is 10.8. The van der Waals surface area contributed by atoms with Gasteiger partial charge in [0.25, 0.3) is 0 Å². The van der Waals surface area contributed by atoms with Crippen LogP contribution in [-0.4, -0.2) is 79.1 Å². The first kappa shape index (κ1) is 20.0. The Bertz CT molecular complexity index is 737. The van der Waals surface area contributed by atoms with Gasteiger partial charge in [-0.05, 0) is 49.3 Å². The van der Waals surface area contributed by atoms with Gasteiger partial charge in [0.1, 0.15) is 5.75 Å². The van der Waals surface area contributed by atoms with Crippen molar-refractivity contribution in [1.29, 1.82) is 0 Å². The van der Waals surface area contributed by atoms with Crippen LogP contribution in [0.15, 0.2) is 24.3 Å². The fraction of sp³-hybridized carbons (Fsp3) is 0.636. The van der Waals surface area contributed by atoms with Gasteiger partial charge in [-0.1, -0.05) is 12.1 Å². The molecule has 158 valence electrons. The molecule has 0 spiro atoms. The van der Waals surface area contributed by atoms with E-state index in [0.717, 1.165) is 62.8 Å². The van der Waals surface area contributed by atoms with Crippen molar-refractivity contribution in [1.82, 2.24) is 20.0 Å². The largest absolute Gasteiger partial charge is 0.497 e. The zero-order chi connectivity index (χ0) is 20.2. The number of nitrogens with zero attached hydrogens (tertiary/aromatic N) is 3. The third kappa shape index (κ3) is 5.01. The zero-order valence-electron chi connectivity index (χ0n) is 17.3. The molecule has 3 amide bonds. The third-order valence-corrected chi connectivity index (χ3v) is 6.28. The Morgan fingerprint density at radius 1 is 1.14 bits per heavy atom. The predicted octanol–water partition coefficient (Wildman–Crippen LogP) is 1.92. The average Bonchev–Trinajstić information content (AvgIpc) is 3.53. The summed E-state index contributed by atoms with van der Waals surface area (Å²) in [6.07, 6.45) is 4.38. The van der Waals surface area contributed by atoms with Crippen molar-refractivity contribution in [3.63, 3.8) is 0 Å². The minimum Gasteiger partial charge on any atom is -0.497 e. The van der Waals surface area contributed by atoms with Crippen LogP contribution >= 0.6 is 0 Å². The predicted molar refractivity (Wildman–Crippen MR) is 111 cm³/mol. The summed E-state index contributed by atoms with van der Waals surface area (Å²) in [5.74, 6) is 1.83. The number of hydrogen-bond acceptors (Lipinski definition) is 4. The second kappa shape index (κ2) is 9.03. The Morgan fingerprint density at radius 3 is 2.79 bits per heavy atom. The number of carbonyl (C=O) groups excluding carboxylic acids is 2. The quantitative estimate of drug-likeness (QED) is 0.792. The molecule has 0 aromatic heterocycles. The topological polar surface area (TPSA) is 65.1 Å². The SMILES string of the molecule is COc1cccc(CNC(=O)N2CCCN([C@@H]3CCN(CC4CC4)C3=O)CC2)c1. The molecule has 1 aromatic rings. The van der Waals surface area contributed by atoms with Crippen LogP contribution in [-0.2, 0) is 11.3 Å². The van der Waals surface area contributed by atoms with Crippen LogP contribution in [0, 0.1) is 5.92 Å². The number of nitrogens with one attached hydrogen (secondary N) is 1. The number of urea groups is 1. The van der Waals surface area contributed by atoms with Crippen molar-refractivity contribution in [2.75, 3.05) is 46.4 Å². The van der Waals surface area contributed by atoms with Crippen LogP contribution in [0.2, 0.25) is 0 Å². The van der Waals surface area contributed by atoms with Crippen molar-refractivity contribution in [3.05, 3.63) is 29.8 Å². The maximum atomic E-state index is 12.8. The highest BCUT2D eigenvalue weighted by Gasteiger charge is 2.38. The van der Waals surface area contributed by atoms with Crippen molar-refractivity contribution in [2.24, 2.45) is 5.92 Å². The zero-order valence-corrected chi connectivity index (χ0v) is 17.3. The van der Waals surface area contributed by atoms with Gasteiger partial charge in [0.05, 0.1) is 13.2 Å². The Labute approximate surface area is 173 Å². The van der Waals surface area contributed by atoms with Gasteiger partial charge in [0, 0.05) is 45.8 Å². The number of hydrogen-bond donors (Lipinski definition) is 1. The van der Waals surface area contributed by atoms with Crippen LogP contribution in [0.25, 0.3) is 0 Å². The van der Waals surface area contributed by atoms with Gasteiger partial charge >= 0.3 is 6.03 Å². The number of methoxy groups -OCH3 is 1. The molecule has 29 heavy (non-hydrogen) atoms. The molecule has 1 atom stereocenters. The van der Waals surface area contributed by atoms with Gasteiger partial charge in [-0.25, -0.2) is 4.79 Å². The maximum Gasteiger partial charge on any atom is 0.317 e. The molecule has 7 heteroatoms. The van der Waals surface area contributed by atoms with Gasteiger partial charge in [-0.3, -0.25) is 9.69 Å². The Kier molecular flexibility index (Phi) is 6.23. The summed E-state index contributed by atoms with van der Waals surface area (Å²) >= 11 is 0. The summed E-state index contributed by atoms with van der Waals surface area (Å²) < 4.78 is 5.24. The van der Waals surface area contributed by atoms with E-state index in [1.807, 2.05) is 29.2 Å². The summed E-state index contributed by atoms with van der Waals surface area (Å²) in [7, 11) is 1.64. The molecule has 4 rings (SSSR count). The van der Waals surface area contributed by atoms with Crippen LogP contribution in [0.1, 0.15) is 31.2 Å². The molecule has 1 aromatic carbocycles. The van der Waals surface area contributed by atoms with Crippen LogP contribution < -0.4 is 10.1 Å². The summed E-state index contributed by atoms with van der Waals surface area (Å²) in [5.41, 5.74) is 1.02. The fourth-order valence-corrected chi connectivity index (χ4v) is 4.38. The highest BCUT2D eigenvalue weighted by molar-refractivity contribution is 5.84. The van der Waals surface area contributed by atoms with Crippen LogP contribution in [0.3, 0.4) is 0 Å². The first-order valence-electron chi connectivity index (χ1n) is 10.8. The van der Waals surface area contributed by atoms with E-state index in [4.69, 9.17) is 4.74 Å². The van der Waals surface area contributed by atoms with Crippen molar-refractivity contribution >= 4 is 11.9 Å². The van der Waals surface area contributed by atoms with E-state index in [1.54, 1.807) is 7.11 Å². The van der Waals surface area contributed by atoms with Gasteiger partial charge < -0.3 is 19.9 Å². The summed E-state index contributed by atoms with van der Waals surface area (Å²) in [6.45, 7) is 5.35. The highest BCUT2D eigenvalue weighted by Crippen LogP contribution is 2.31. The molecule has 2 heterocycles. The monoisotopic (exact) mass is 400 g/mol. The summed E-state index contributed by atoms with van der Waals surface area (Å²) in [4.78, 5) is 31.7. The van der Waals surface area contributed by atoms with E-state index in [-0.39, 0.29) is 12.1 Å². The number of amides is 3. The molecule has 1 aliphatic carbocycles. The standard InChI is InChI=1S/C22H32N4O3/c1-29-19-5-2-4-18(14-19)15-23-22(28)25-10-3-9-24(12-13-25)20-8-11-26(21(20)27)16-17-6-7-17/h2,4-5,14,17,20H,3,6-13,15-16H2,1H3,(H,23,28)/t20-/m1/s1. The summed E-state index contributed by atoms with van der Waals surface area (Å²) in [6, 6.07) is 7.70. The lowest BCUT2D eigenvalue weighted by molar-refractivity contribution is -0.132. The lowest BCUT2D eigenvalue weighted by Gasteiger charge is -2.26. The first-order chi connectivity index (χ1) is 14.1. The second-order valence-electron chi connectivity index (χ2n) is 8.42. The molecular weight excluding hydrogens is 368 g/mol. The molecule has 3 aliphatic rings. The molecular formula is C22H32N4O3. The number of likely N-dealkylation sites (tertiary alicyclic amines) is 1. The van der Waals surface area contributed by atoms with E-state index in [1.165, 1.54) is 12.8 Å². The Balaban J connectivity index is 1.26. The highest BCUT2D eigenvalue weighted by atomic mass is 16.5. The lowest BCUT2D eigenvalue weighted by Crippen LogP contribution is -2.45. The third-order valence-electron chi connectivity index (χ3n) is 6.28. The number of rotatable bonds is 6. The minimum atomic E-state index is -0.0391. The molecule has 0 radical (unpaired) electrons. The Hall–Kier alpha value is -2.28. The van der Waals surface area contributed by atoms with E-state index in [2.05, 4.69) is 15.1 Å². The second-order valence-corrected chi connectivity index (χ2v) is 8.42. The number of benzene rings is 1. The van der Waals surface area contributed by atoms with Crippen molar-refractivity contribution in [3.8, 4) is 5.75 Å². The molecule has 1 N–H and O–H groups in total. The van der Waals surface area contributed by atoms with E-state index in [0.29, 0.717) is 19.0 Å². The molecule has 0 bridgehead atoms. The summed E-state index contributed by atoms with van der Waals surface area (Å²) in [5, 5.41) is 3.01. The van der Waals surface area contributed by atoms with Gasteiger partial charge in [-0.2, -0.15) is 0 Å². The fourth-order valence-electron chi connectivity index (χ4n) is 4.38. The van der Waals surface area contributed by atoms with Crippen molar-refractivity contribution < 1.29 is 14.3 Å². The van der Waals surface area contributed by atoms with Gasteiger partial charge in [0.2, 0.25) is 5.91 Å². The molecule has 3 fully saturated rings. The lowest BCUT2D eigenvalue weighted by atomic mass is 10.2. The van der Waals surface area contributed by atoms with Gasteiger partial charge in [0.15, 0.2) is 0 Å². The maximum absolute atomic E-state index is 12.8. The molecule has 0 unspecified atom stereocenters.